The molecular formula is C10H20N2. The van der Waals surface area contributed by atoms with Crippen LogP contribution in [0.4, 0.5) is 0 Å². The predicted molar refractivity (Wildman–Crippen MR) is 53.1 cm³/mol. The van der Waals surface area contributed by atoms with E-state index in [-0.39, 0.29) is 0 Å². The SMILES string of the molecule is NCC/C=C\CN1CCCCC1. The van der Waals surface area contributed by atoms with Gasteiger partial charge in [-0.3, -0.25) is 4.90 Å². The Bertz CT molecular complexity index is 126. The van der Waals surface area contributed by atoms with Crippen LogP contribution in [0, 0.1) is 0 Å². The summed E-state index contributed by atoms with van der Waals surface area (Å²) >= 11 is 0. The number of nitrogens with zero attached hydrogens (tertiary/aromatic N) is 1. The van der Waals surface area contributed by atoms with Crippen LogP contribution in [-0.2, 0) is 0 Å². The molecule has 0 aliphatic carbocycles. The van der Waals surface area contributed by atoms with Crippen LogP contribution in [0.1, 0.15) is 25.7 Å². The molecule has 0 aromatic heterocycles. The third kappa shape index (κ3) is 3.88. The van der Waals surface area contributed by atoms with E-state index in [4.69, 9.17) is 5.73 Å². The van der Waals surface area contributed by atoms with Gasteiger partial charge in [0, 0.05) is 6.54 Å². The van der Waals surface area contributed by atoms with Crippen molar-refractivity contribution >= 4 is 0 Å². The molecule has 1 rings (SSSR count). The Morgan fingerprint density at radius 1 is 1.08 bits per heavy atom. The summed E-state index contributed by atoms with van der Waals surface area (Å²) in [6, 6.07) is 0. The van der Waals surface area contributed by atoms with E-state index >= 15 is 0 Å². The first kappa shape index (κ1) is 9.75. The molecule has 0 amide bonds. The van der Waals surface area contributed by atoms with Crippen LogP contribution in [0.2, 0.25) is 0 Å². The number of piperidine rings is 1. The van der Waals surface area contributed by atoms with Crippen LogP contribution in [0.5, 0.6) is 0 Å². The Labute approximate surface area is 75.4 Å². The topological polar surface area (TPSA) is 29.3 Å². The van der Waals surface area contributed by atoms with Crippen LogP contribution in [0.3, 0.4) is 0 Å². The summed E-state index contributed by atoms with van der Waals surface area (Å²) in [6.45, 7) is 4.47. The van der Waals surface area contributed by atoms with Gasteiger partial charge in [-0.25, -0.2) is 0 Å². The number of hydrogen-bond donors (Lipinski definition) is 1. The average molecular weight is 168 g/mol. The highest BCUT2D eigenvalue weighted by molar-refractivity contribution is 4.85. The van der Waals surface area contributed by atoms with Crippen molar-refractivity contribution in [3.63, 3.8) is 0 Å². The van der Waals surface area contributed by atoms with Gasteiger partial charge in [0.15, 0.2) is 0 Å². The molecule has 0 radical (unpaired) electrons. The predicted octanol–water partition coefficient (Wildman–Crippen LogP) is 1.38. The summed E-state index contributed by atoms with van der Waals surface area (Å²) in [6.07, 6.45) is 9.64. The molecule has 12 heavy (non-hydrogen) atoms. The maximum atomic E-state index is 5.38. The zero-order chi connectivity index (χ0) is 8.65. The molecule has 2 N–H and O–H groups in total. The fourth-order valence-corrected chi connectivity index (χ4v) is 1.58. The van der Waals surface area contributed by atoms with Crippen molar-refractivity contribution in [1.29, 1.82) is 0 Å². The molecule has 70 valence electrons. The van der Waals surface area contributed by atoms with E-state index in [2.05, 4.69) is 17.1 Å². The Kier molecular flexibility index (Phi) is 5.04. The van der Waals surface area contributed by atoms with Gasteiger partial charge >= 0.3 is 0 Å². The quantitative estimate of drug-likeness (QED) is 0.643. The van der Waals surface area contributed by atoms with Gasteiger partial charge in [0.1, 0.15) is 0 Å². The fourth-order valence-electron chi connectivity index (χ4n) is 1.58. The highest BCUT2D eigenvalue weighted by atomic mass is 15.1. The molecule has 0 unspecified atom stereocenters. The second-order valence-corrected chi connectivity index (χ2v) is 3.41. The normalized spacial score (nSPS) is 20.4. The molecule has 0 bridgehead atoms. The molecule has 0 saturated carbocycles. The van der Waals surface area contributed by atoms with Gasteiger partial charge in [0.25, 0.3) is 0 Å². The monoisotopic (exact) mass is 168 g/mol. The first-order chi connectivity index (χ1) is 5.93. The molecule has 1 saturated heterocycles. The van der Waals surface area contributed by atoms with Gasteiger partial charge in [-0.15, -0.1) is 0 Å². The maximum absolute atomic E-state index is 5.38. The van der Waals surface area contributed by atoms with Crippen LogP contribution >= 0.6 is 0 Å². The summed E-state index contributed by atoms with van der Waals surface area (Å²) in [5.41, 5.74) is 5.38. The van der Waals surface area contributed by atoms with Crippen LogP contribution in [0.25, 0.3) is 0 Å². The highest BCUT2D eigenvalue weighted by Gasteiger charge is 2.06. The van der Waals surface area contributed by atoms with Crippen molar-refractivity contribution in [2.45, 2.75) is 25.7 Å². The molecule has 0 aromatic carbocycles. The molecule has 1 heterocycles. The molecule has 1 aliphatic rings. The zero-order valence-electron chi connectivity index (χ0n) is 7.84. The van der Waals surface area contributed by atoms with E-state index in [9.17, 15) is 0 Å². The minimum atomic E-state index is 0.774. The van der Waals surface area contributed by atoms with Crippen molar-refractivity contribution in [2.75, 3.05) is 26.2 Å². The minimum Gasteiger partial charge on any atom is -0.330 e. The number of likely N-dealkylation sites (tertiary alicyclic amines) is 1. The number of nitrogens with two attached hydrogens (primary N) is 1. The summed E-state index contributed by atoms with van der Waals surface area (Å²) in [7, 11) is 0. The highest BCUT2D eigenvalue weighted by Crippen LogP contribution is 2.07. The first-order valence-corrected chi connectivity index (χ1v) is 5.01. The molecule has 2 nitrogen and oxygen atoms in total. The average Bonchev–Trinajstić information content (AvgIpc) is 2.14. The third-order valence-corrected chi connectivity index (χ3v) is 2.31. The smallest absolute Gasteiger partial charge is 0.0163 e. The van der Waals surface area contributed by atoms with Gasteiger partial charge < -0.3 is 5.73 Å². The van der Waals surface area contributed by atoms with Gasteiger partial charge in [0.2, 0.25) is 0 Å². The molecule has 1 fully saturated rings. The van der Waals surface area contributed by atoms with E-state index in [1.165, 1.54) is 32.4 Å². The van der Waals surface area contributed by atoms with Gasteiger partial charge in [-0.05, 0) is 38.9 Å². The second-order valence-electron chi connectivity index (χ2n) is 3.41. The Balaban J connectivity index is 2.04. The van der Waals surface area contributed by atoms with Crippen molar-refractivity contribution in [3.8, 4) is 0 Å². The Morgan fingerprint density at radius 2 is 1.83 bits per heavy atom. The molecule has 0 atom stereocenters. The Morgan fingerprint density at radius 3 is 2.50 bits per heavy atom. The molecule has 0 spiro atoms. The molecule has 0 aromatic rings. The lowest BCUT2D eigenvalue weighted by Gasteiger charge is -2.24. The van der Waals surface area contributed by atoms with Crippen molar-refractivity contribution in [1.82, 2.24) is 4.90 Å². The summed E-state index contributed by atoms with van der Waals surface area (Å²) in [5, 5.41) is 0. The summed E-state index contributed by atoms with van der Waals surface area (Å²) < 4.78 is 0. The summed E-state index contributed by atoms with van der Waals surface area (Å²) in [4.78, 5) is 2.51. The van der Waals surface area contributed by atoms with E-state index in [0.717, 1.165) is 19.5 Å². The van der Waals surface area contributed by atoms with E-state index in [0.29, 0.717) is 0 Å². The lowest BCUT2D eigenvalue weighted by atomic mass is 10.1. The second kappa shape index (κ2) is 6.21. The molecular weight excluding hydrogens is 148 g/mol. The third-order valence-electron chi connectivity index (χ3n) is 2.31. The zero-order valence-corrected chi connectivity index (χ0v) is 7.84. The standard InChI is InChI=1S/C10H20N2/c11-7-3-1-4-8-12-9-5-2-6-10-12/h1,4H,2-3,5-11H2/b4-1-. The molecule has 2 heteroatoms. The summed E-state index contributed by atoms with van der Waals surface area (Å²) in [5.74, 6) is 0. The lowest BCUT2D eigenvalue weighted by Crippen LogP contribution is -2.29. The lowest BCUT2D eigenvalue weighted by molar-refractivity contribution is 0.251. The van der Waals surface area contributed by atoms with Gasteiger partial charge in [-0.1, -0.05) is 18.6 Å². The van der Waals surface area contributed by atoms with Gasteiger partial charge in [0.05, 0.1) is 0 Å². The van der Waals surface area contributed by atoms with Crippen molar-refractivity contribution in [3.05, 3.63) is 12.2 Å². The minimum absolute atomic E-state index is 0.774. The van der Waals surface area contributed by atoms with Crippen LogP contribution in [0.15, 0.2) is 12.2 Å². The van der Waals surface area contributed by atoms with Crippen molar-refractivity contribution in [2.24, 2.45) is 5.73 Å². The maximum Gasteiger partial charge on any atom is 0.0163 e. The number of rotatable bonds is 4. The molecule has 1 aliphatic heterocycles. The van der Waals surface area contributed by atoms with Crippen molar-refractivity contribution < 1.29 is 0 Å². The van der Waals surface area contributed by atoms with Gasteiger partial charge in [-0.2, -0.15) is 0 Å². The fraction of sp³-hybridized carbons (Fsp3) is 0.800. The van der Waals surface area contributed by atoms with E-state index in [1.54, 1.807) is 0 Å². The Hall–Kier alpha value is -0.340. The van der Waals surface area contributed by atoms with Crippen LogP contribution in [-0.4, -0.2) is 31.1 Å². The van der Waals surface area contributed by atoms with Crippen LogP contribution < -0.4 is 5.73 Å². The van der Waals surface area contributed by atoms with E-state index < -0.39 is 0 Å². The van der Waals surface area contributed by atoms with E-state index in [1.807, 2.05) is 0 Å². The largest absolute Gasteiger partial charge is 0.330 e. The number of hydrogen-bond acceptors (Lipinski definition) is 2. The first-order valence-electron chi connectivity index (χ1n) is 5.01.